The summed E-state index contributed by atoms with van der Waals surface area (Å²) in [6, 6.07) is 7.92. The first-order valence-electron chi connectivity index (χ1n) is 7.58. The van der Waals surface area contributed by atoms with Gasteiger partial charge in [0.15, 0.2) is 0 Å². The molecule has 2 atom stereocenters. The van der Waals surface area contributed by atoms with E-state index >= 15 is 0 Å². The van der Waals surface area contributed by atoms with Gasteiger partial charge in [-0.1, -0.05) is 43.7 Å². The highest BCUT2D eigenvalue weighted by molar-refractivity contribution is 6.35. The van der Waals surface area contributed by atoms with E-state index in [1.54, 1.807) is 4.90 Å². The Labute approximate surface area is 126 Å². The minimum absolute atomic E-state index is 0.393. The van der Waals surface area contributed by atoms with Gasteiger partial charge in [-0.3, -0.25) is 9.59 Å². The second-order valence-corrected chi connectivity index (χ2v) is 6.32. The van der Waals surface area contributed by atoms with Crippen LogP contribution in [0.5, 0.6) is 0 Å². The van der Waals surface area contributed by atoms with Crippen LogP contribution in [-0.4, -0.2) is 29.8 Å². The second-order valence-electron chi connectivity index (χ2n) is 6.32. The van der Waals surface area contributed by atoms with Gasteiger partial charge >= 0.3 is 11.8 Å². The summed E-state index contributed by atoms with van der Waals surface area (Å²) >= 11 is 0. The summed E-state index contributed by atoms with van der Waals surface area (Å²) in [6.07, 6.45) is 1.12. The van der Waals surface area contributed by atoms with Crippen LogP contribution in [0.2, 0.25) is 0 Å². The Hall–Kier alpha value is -1.84. The van der Waals surface area contributed by atoms with Crippen molar-refractivity contribution in [2.24, 2.45) is 11.8 Å². The molecule has 0 bridgehead atoms. The molecule has 1 N–H and O–H groups in total. The van der Waals surface area contributed by atoms with E-state index in [-0.39, 0.29) is 0 Å². The largest absolute Gasteiger partial charge is 0.344 e. The molecule has 114 valence electrons. The number of likely N-dealkylation sites (tertiary alicyclic amines) is 1. The van der Waals surface area contributed by atoms with Crippen molar-refractivity contribution in [1.82, 2.24) is 10.2 Å². The molecule has 2 amide bonds. The van der Waals surface area contributed by atoms with Crippen molar-refractivity contribution < 1.29 is 9.59 Å². The Bertz CT molecular complexity index is 500. The van der Waals surface area contributed by atoms with E-state index in [1.807, 2.05) is 31.2 Å². The lowest BCUT2D eigenvalue weighted by Crippen LogP contribution is -2.48. The first kappa shape index (κ1) is 15.5. The number of rotatable bonds is 2. The maximum Gasteiger partial charge on any atom is 0.311 e. The van der Waals surface area contributed by atoms with E-state index in [1.165, 1.54) is 5.56 Å². The number of hydrogen-bond donors (Lipinski definition) is 1. The molecule has 0 aliphatic carbocycles. The summed E-state index contributed by atoms with van der Waals surface area (Å²) < 4.78 is 0. The second kappa shape index (κ2) is 6.74. The topological polar surface area (TPSA) is 49.4 Å². The van der Waals surface area contributed by atoms with E-state index in [2.05, 4.69) is 19.2 Å². The van der Waals surface area contributed by atoms with Gasteiger partial charge in [0.25, 0.3) is 0 Å². The third-order valence-corrected chi connectivity index (χ3v) is 3.92. The number of carbonyl (C=O) groups excluding carboxylic acids is 2. The highest BCUT2D eigenvalue weighted by Gasteiger charge is 2.28. The van der Waals surface area contributed by atoms with E-state index in [0.29, 0.717) is 31.5 Å². The highest BCUT2D eigenvalue weighted by Crippen LogP contribution is 2.20. The summed E-state index contributed by atoms with van der Waals surface area (Å²) in [7, 11) is 0. The zero-order valence-corrected chi connectivity index (χ0v) is 13.1. The molecule has 1 saturated heterocycles. The Morgan fingerprint density at radius 2 is 1.71 bits per heavy atom. The van der Waals surface area contributed by atoms with Gasteiger partial charge in [0.1, 0.15) is 0 Å². The van der Waals surface area contributed by atoms with Crippen LogP contribution >= 0.6 is 0 Å². The average Bonchev–Trinajstić information content (AvgIpc) is 2.44. The smallest absolute Gasteiger partial charge is 0.311 e. The van der Waals surface area contributed by atoms with Crippen LogP contribution < -0.4 is 5.32 Å². The molecule has 1 heterocycles. The molecule has 0 saturated carbocycles. The number of aryl methyl sites for hydroxylation is 1. The van der Waals surface area contributed by atoms with Crippen molar-refractivity contribution in [3.63, 3.8) is 0 Å². The lowest BCUT2D eigenvalue weighted by molar-refractivity contribution is -0.147. The van der Waals surface area contributed by atoms with Gasteiger partial charge in [-0.05, 0) is 30.7 Å². The van der Waals surface area contributed by atoms with Gasteiger partial charge < -0.3 is 10.2 Å². The number of carbonyl (C=O) groups is 2. The Kier molecular flexibility index (Phi) is 4.99. The number of hydrogen-bond acceptors (Lipinski definition) is 2. The third-order valence-electron chi connectivity index (χ3n) is 3.92. The van der Waals surface area contributed by atoms with Crippen LogP contribution in [0.25, 0.3) is 0 Å². The molecule has 1 aromatic rings. The molecule has 0 radical (unpaired) electrons. The summed E-state index contributed by atoms with van der Waals surface area (Å²) in [6.45, 7) is 8.02. The van der Waals surface area contributed by atoms with Crippen LogP contribution in [0.3, 0.4) is 0 Å². The number of nitrogens with zero attached hydrogens (tertiary/aromatic N) is 1. The quantitative estimate of drug-likeness (QED) is 0.847. The lowest BCUT2D eigenvalue weighted by Gasteiger charge is -2.34. The Balaban J connectivity index is 1.87. The van der Waals surface area contributed by atoms with Crippen molar-refractivity contribution in [1.29, 1.82) is 0 Å². The molecule has 0 spiro atoms. The molecule has 4 heteroatoms. The molecule has 2 rings (SSSR count). The summed E-state index contributed by atoms with van der Waals surface area (Å²) in [4.78, 5) is 25.9. The van der Waals surface area contributed by atoms with E-state index < -0.39 is 11.8 Å². The van der Waals surface area contributed by atoms with Crippen molar-refractivity contribution in [3.05, 3.63) is 35.4 Å². The molecular formula is C17H24N2O2. The minimum Gasteiger partial charge on any atom is -0.344 e. The zero-order valence-electron chi connectivity index (χ0n) is 13.1. The number of nitrogens with one attached hydrogen (secondary N) is 1. The van der Waals surface area contributed by atoms with E-state index in [4.69, 9.17) is 0 Å². The third kappa shape index (κ3) is 4.31. The first-order valence-corrected chi connectivity index (χ1v) is 7.58. The number of piperidine rings is 1. The van der Waals surface area contributed by atoms with Gasteiger partial charge in [-0.15, -0.1) is 0 Å². The molecule has 1 aliphatic heterocycles. The summed E-state index contributed by atoms with van der Waals surface area (Å²) in [5.41, 5.74) is 2.18. The average molecular weight is 288 g/mol. The Morgan fingerprint density at radius 1 is 1.14 bits per heavy atom. The predicted molar refractivity (Wildman–Crippen MR) is 82.6 cm³/mol. The molecule has 1 aliphatic rings. The summed E-state index contributed by atoms with van der Waals surface area (Å²) in [5, 5.41) is 2.72. The van der Waals surface area contributed by atoms with Gasteiger partial charge in [0, 0.05) is 19.6 Å². The Morgan fingerprint density at radius 3 is 2.29 bits per heavy atom. The molecular weight excluding hydrogens is 264 g/mol. The van der Waals surface area contributed by atoms with Crippen LogP contribution in [-0.2, 0) is 16.1 Å². The summed E-state index contributed by atoms with van der Waals surface area (Å²) in [5.74, 6) is 0.0163. The van der Waals surface area contributed by atoms with Crippen LogP contribution in [0, 0.1) is 18.8 Å². The fourth-order valence-corrected chi connectivity index (χ4v) is 2.94. The molecule has 4 nitrogen and oxygen atoms in total. The molecule has 2 unspecified atom stereocenters. The van der Waals surface area contributed by atoms with Gasteiger partial charge in [-0.25, -0.2) is 0 Å². The maximum absolute atomic E-state index is 12.2. The first-order chi connectivity index (χ1) is 9.95. The molecule has 1 aromatic carbocycles. The van der Waals surface area contributed by atoms with Crippen molar-refractivity contribution in [2.75, 3.05) is 13.1 Å². The van der Waals surface area contributed by atoms with E-state index in [9.17, 15) is 9.59 Å². The SMILES string of the molecule is Cc1ccc(CNC(=O)C(=O)N2CC(C)CC(C)C2)cc1. The monoisotopic (exact) mass is 288 g/mol. The predicted octanol–water partition coefficient (Wildman–Crippen LogP) is 2.12. The van der Waals surface area contributed by atoms with E-state index in [0.717, 1.165) is 12.0 Å². The van der Waals surface area contributed by atoms with Crippen molar-refractivity contribution in [2.45, 2.75) is 33.7 Å². The van der Waals surface area contributed by atoms with Crippen LogP contribution in [0.4, 0.5) is 0 Å². The molecule has 1 fully saturated rings. The number of amides is 2. The number of benzene rings is 1. The minimum atomic E-state index is -0.503. The molecule has 0 aromatic heterocycles. The van der Waals surface area contributed by atoms with Crippen LogP contribution in [0.15, 0.2) is 24.3 Å². The maximum atomic E-state index is 12.2. The highest BCUT2D eigenvalue weighted by atomic mass is 16.2. The fraction of sp³-hybridized carbons (Fsp3) is 0.529. The van der Waals surface area contributed by atoms with Crippen LogP contribution in [0.1, 0.15) is 31.4 Å². The normalized spacial score (nSPS) is 22.0. The molecule has 21 heavy (non-hydrogen) atoms. The van der Waals surface area contributed by atoms with Gasteiger partial charge in [-0.2, -0.15) is 0 Å². The standard InChI is InChI=1S/C17H24N2O2/c1-12-4-6-15(7-5-12)9-18-16(20)17(21)19-10-13(2)8-14(3)11-19/h4-7,13-14H,8-11H2,1-3H3,(H,18,20). The van der Waals surface area contributed by atoms with Gasteiger partial charge in [0.2, 0.25) is 0 Å². The van der Waals surface area contributed by atoms with Gasteiger partial charge in [0.05, 0.1) is 0 Å². The fourth-order valence-electron chi connectivity index (χ4n) is 2.94. The van der Waals surface area contributed by atoms with Crippen molar-refractivity contribution in [3.8, 4) is 0 Å². The van der Waals surface area contributed by atoms with Crippen molar-refractivity contribution >= 4 is 11.8 Å². The zero-order chi connectivity index (χ0) is 15.4. The lowest BCUT2D eigenvalue weighted by atomic mass is 9.92.